The van der Waals surface area contributed by atoms with Crippen molar-refractivity contribution >= 4 is 45.1 Å². The van der Waals surface area contributed by atoms with Gasteiger partial charge in [0.25, 0.3) is 0 Å². The minimum atomic E-state index is -1.50. The third-order valence-electron chi connectivity index (χ3n) is 2.60. The van der Waals surface area contributed by atoms with E-state index in [9.17, 15) is 9.59 Å². The van der Waals surface area contributed by atoms with Crippen LogP contribution in [-0.4, -0.2) is 17.0 Å². The van der Waals surface area contributed by atoms with Gasteiger partial charge in [-0.2, -0.15) is 0 Å². The Balaban J connectivity index is 3.03. The summed E-state index contributed by atoms with van der Waals surface area (Å²) in [5, 5.41) is 12.0. The summed E-state index contributed by atoms with van der Waals surface area (Å²) >= 11 is 9.25. The Labute approximate surface area is 118 Å². The lowest BCUT2D eigenvalue weighted by molar-refractivity contribution is -0.151. The molecule has 0 saturated carbocycles. The number of carboxylic acids is 1. The van der Waals surface area contributed by atoms with Crippen molar-refractivity contribution in [1.29, 1.82) is 0 Å². The molecule has 2 N–H and O–H groups in total. The summed E-state index contributed by atoms with van der Waals surface area (Å²) in [6.45, 7) is 4.52. The molecule has 1 aromatic rings. The van der Waals surface area contributed by atoms with Crippen LogP contribution in [0.4, 0.5) is 5.69 Å². The molecule has 6 heteroatoms. The molecule has 0 aliphatic rings. The van der Waals surface area contributed by atoms with Crippen LogP contribution in [0.3, 0.4) is 0 Å². The van der Waals surface area contributed by atoms with Gasteiger partial charge in [0.1, 0.15) is 5.41 Å². The zero-order chi connectivity index (χ0) is 14.1. The highest BCUT2D eigenvalue weighted by atomic mass is 79.9. The lowest BCUT2D eigenvalue weighted by Gasteiger charge is -2.19. The number of rotatable bonds is 3. The number of nitrogens with one attached hydrogen (secondary N) is 1. The van der Waals surface area contributed by atoms with Crippen molar-refractivity contribution < 1.29 is 14.7 Å². The van der Waals surface area contributed by atoms with E-state index in [4.69, 9.17) is 16.7 Å². The Morgan fingerprint density at radius 3 is 2.44 bits per heavy atom. The van der Waals surface area contributed by atoms with Gasteiger partial charge in [0.2, 0.25) is 5.91 Å². The van der Waals surface area contributed by atoms with E-state index in [1.54, 1.807) is 12.1 Å². The fourth-order valence-electron chi connectivity index (χ4n) is 1.12. The summed E-state index contributed by atoms with van der Waals surface area (Å²) in [6, 6.07) is 3.34. The Bertz CT molecular complexity index is 514. The van der Waals surface area contributed by atoms with Crippen molar-refractivity contribution in [3.63, 3.8) is 0 Å². The number of hydrogen-bond donors (Lipinski definition) is 2. The van der Waals surface area contributed by atoms with Crippen molar-refractivity contribution in [2.45, 2.75) is 20.8 Å². The van der Waals surface area contributed by atoms with E-state index in [-0.39, 0.29) is 0 Å². The highest BCUT2D eigenvalue weighted by Gasteiger charge is 2.36. The van der Waals surface area contributed by atoms with Gasteiger partial charge in [0.05, 0.1) is 5.69 Å². The second kappa shape index (κ2) is 5.28. The molecule has 1 rings (SSSR count). The number of amides is 1. The standard InChI is InChI=1S/C12H13BrClNO3/c1-6-4-7(13)9(5-8(6)14)15-10(16)12(2,3)11(17)18/h4-5H,1-3H3,(H,15,16)(H,17,18). The lowest BCUT2D eigenvalue weighted by atomic mass is 9.92. The summed E-state index contributed by atoms with van der Waals surface area (Å²) in [7, 11) is 0. The van der Waals surface area contributed by atoms with Crippen LogP contribution in [0, 0.1) is 12.3 Å². The van der Waals surface area contributed by atoms with E-state index in [0.717, 1.165) is 5.56 Å². The quantitative estimate of drug-likeness (QED) is 0.832. The minimum Gasteiger partial charge on any atom is -0.480 e. The van der Waals surface area contributed by atoms with E-state index in [1.165, 1.54) is 13.8 Å². The first-order valence-electron chi connectivity index (χ1n) is 5.16. The lowest BCUT2D eigenvalue weighted by Crippen LogP contribution is -2.37. The number of carbonyl (C=O) groups is 2. The van der Waals surface area contributed by atoms with E-state index in [2.05, 4.69) is 21.2 Å². The van der Waals surface area contributed by atoms with Crippen molar-refractivity contribution in [2.75, 3.05) is 5.32 Å². The molecule has 0 heterocycles. The molecular weight excluding hydrogens is 321 g/mol. The maximum Gasteiger partial charge on any atom is 0.318 e. The second-order valence-corrected chi connectivity index (χ2v) is 5.73. The Morgan fingerprint density at radius 2 is 1.94 bits per heavy atom. The number of halogens is 2. The topological polar surface area (TPSA) is 66.4 Å². The highest BCUT2D eigenvalue weighted by Crippen LogP contribution is 2.30. The molecule has 0 bridgehead atoms. The molecule has 18 heavy (non-hydrogen) atoms. The summed E-state index contributed by atoms with van der Waals surface area (Å²) in [5.41, 5.74) is -0.194. The van der Waals surface area contributed by atoms with Crippen LogP contribution in [-0.2, 0) is 9.59 Å². The molecule has 0 radical (unpaired) electrons. The molecule has 1 amide bonds. The number of anilines is 1. The predicted molar refractivity (Wildman–Crippen MR) is 73.9 cm³/mol. The molecule has 0 aliphatic carbocycles. The van der Waals surface area contributed by atoms with Crippen LogP contribution in [0.1, 0.15) is 19.4 Å². The smallest absolute Gasteiger partial charge is 0.318 e. The summed E-state index contributed by atoms with van der Waals surface area (Å²) in [5.74, 6) is -1.79. The van der Waals surface area contributed by atoms with Crippen molar-refractivity contribution in [3.05, 3.63) is 27.2 Å². The third-order valence-corrected chi connectivity index (χ3v) is 3.66. The predicted octanol–water partition coefficient (Wildman–Crippen LogP) is 3.46. The molecule has 0 fully saturated rings. The maximum absolute atomic E-state index is 11.9. The van der Waals surface area contributed by atoms with E-state index < -0.39 is 17.3 Å². The fourth-order valence-corrected chi connectivity index (χ4v) is 1.84. The van der Waals surface area contributed by atoms with Crippen LogP contribution in [0.2, 0.25) is 5.02 Å². The van der Waals surface area contributed by atoms with Crippen LogP contribution in [0.15, 0.2) is 16.6 Å². The average molecular weight is 335 g/mol. The zero-order valence-corrected chi connectivity index (χ0v) is 12.5. The van der Waals surface area contributed by atoms with Crippen molar-refractivity contribution in [2.24, 2.45) is 5.41 Å². The number of aliphatic carboxylic acids is 1. The zero-order valence-electron chi connectivity index (χ0n) is 10.2. The van der Waals surface area contributed by atoms with Gasteiger partial charge in [0, 0.05) is 9.50 Å². The Morgan fingerprint density at radius 1 is 1.39 bits per heavy atom. The fraction of sp³-hybridized carbons (Fsp3) is 0.333. The number of benzene rings is 1. The number of carboxylic acid groups (broad SMARTS) is 1. The van der Waals surface area contributed by atoms with Crippen LogP contribution in [0.5, 0.6) is 0 Å². The van der Waals surface area contributed by atoms with E-state index in [0.29, 0.717) is 15.2 Å². The summed E-state index contributed by atoms with van der Waals surface area (Å²) < 4.78 is 0.652. The van der Waals surface area contributed by atoms with Gasteiger partial charge in [-0.05, 0) is 54.4 Å². The molecular formula is C12H13BrClNO3. The van der Waals surface area contributed by atoms with Crippen LogP contribution in [0.25, 0.3) is 0 Å². The van der Waals surface area contributed by atoms with Gasteiger partial charge in [-0.3, -0.25) is 9.59 Å². The van der Waals surface area contributed by atoms with Gasteiger partial charge in [-0.25, -0.2) is 0 Å². The number of carbonyl (C=O) groups excluding carboxylic acids is 1. The molecule has 1 aromatic carbocycles. The highest BCUT2D eigenvalue weighted by molar-refractivity contribution is 9.10. The number of aryl methyl sites for hydroxylation is 1. The van der Waals surface area contributed by atoms with Gasteiger partial charge < -0.3 is 10.4 Å². The second-order valence-electron chi connectivity index (χ2n) is 4.47. The van der Waals surface area contributed by atoms with Gasteiger partial charge in [-0.1, -0.05) is 11.6 Å². The van der Waals surface area contributed by atoms with E-state index >= 15 is 0 Å². The largest absolute Gasteiger partial charge is 0.480 e. The first kappa shape index (κ1) is 15.0. The SMILES string of the molecule is Cc1cc(Br)c(NC(=O)C(C)(C)C(=O)O)cc1Cl. The molecule has 0 aliphatic heterocycles. The first-order valence-corrected chi connectivity index (χ1v) is 6.34. The summed E-state index contributed by atoms with van der Waals surface area (Å²) in [4.78, 5) is 22.8. The molecule has 0 atom stereocenters. The van der Waals surface area contributed by atoms with Crippen molar-refractivity contribution in [3.8, 4) is 0 Å². The molecule has 0 spiro atoms. The van der Waals surface area contributed by atoms with Gasteiger partial charge in [-0.15, -0.1) is 0 Å². The molecule has 0 unspecified atom stereocenters. The maximum atomic E-state index is 11.9. The molecule has 4 nitrogen and oxygen atoms in total. The first-order chi connectivity index (χ1) is 8.16. The molecule has 0 saturated heterocycles. The van der Waals surface area contributed by atoms with Crippen molar-refractivity contribution in [1.82, 2.24) is 0 Å². The van der Waals surface area contributed by atoms with Gasteiger partial charge >= 0.3 is 5.97 Å². The normalized spacial score (nSPS) is 11.2. The minimum absolute atomic E-state index is 0.449. The van der Waals surface area contributed by atoms with Crippen LogP contribution < -0.4 is 5.32 Å². The average Bonchev–Trinajstić information content (AvgIpc) is 2.25. The van der Waals surface area contributed by atoms with Gasteiger partial charge in [0.15, 0.2) is 0 Å². The monoisotopic (exact) mass is 333 g/mol. The van der Waals surface area contributed by atoms with Crippen LogP contribution >= 0.6 is 27.5 Å². The molecule has 98 valence electrons. The Kier molecular flexibility index (Phi) is 4.40. The Hall–Kier alpha value is -1.07. The third kappa shape index (κ3) is 3.03. The van der Waals surface area contributed by atoms with E-state index in [1.807, 2.05) is 6.92 Å². The summed E-state index contributed by atoms with van der Waals surface area (Å²) in [6.07, 6.45) is 0. The molecule has 0 aromatic heterocycles. The number of hydrogen-bond acceptors (Lipinski definition) is 2.